The van der Waals surface area contributed by atoms with E-state index in [1.807, 2.05) is 35.2 Å². The average Bonchev–Trinajstić information content (AvgIpc) is 3.34. The molecule has 0 saturated carbocycles. The Hall–Kier alpha value is -3.23. The number of aliphatic hydroxyl groups excluding tert-OH is 1. The number of pyridine rings is 1. The number of furan rings is 1. The number of benzene rings is 1. The first kappa shape index (κ1) is 19.1. The maximum absolute atomic E-state index is 11.1. The van der Waals surface area contributed by atoms with Gasteiger partial charge in [0, 0.05) is 18.3 Å². The summed E-state index contributed by atoms with van der Waals surface area (Å²) in [5.41, 5.74) is 1.82. The van der Waals surface area contributed by atoms with E-state index in [4.69, 9.17) is 21.7 Å². The van der Waals surface area contributed by atoms with Gasteiger partial charge in [0.25, 0.3) is 0 Å². The van der Waals surface area contributed by atoms with Gasteiger partial charge in [-0.2, -0.15) is 0 Å². The van der Waals surface area contributed by atoms with Crippen LogP contribution in [0.5, 0.6) is 0 Å². The van der Waals surface area contributed by atoms with Crippen molar-refractivity contribution in [3.63, 3.8) is 0 Å². The van der Waals surface area contributed by atoms with E-state index in [2.05, 4.69) is 10.3 Å². The number of aromatic nitrogens is 1. The Morgan fingerprint density at radius 3 is 2.62 bits per heavy atom. The molecule has 0 amide bonds. The predicted molar refractivity (Wildman–Crippen MR) is 110 cm³/mol. The third-order valence-corrected chi connectivity index (χ3v) is 5.23. The van der Waals surface area contributed by atoms with Crippen molar-refractivity contribution in [2.45, 2.75) is 12.1 Å². The predicted octanol–water partition coefficient (Wildman–Crippen LogP) is 3.00. The van der Waals surface area contributed by atoms with Crippen LogP contribution in [0.25, 0.3) is 11.3 Å². The van der Waals surface area contributed by atoms with Crippen LogP contribution in [0.4, 0.5) is 0 Å². The van der Waals surface area contributed by atoms with Crippen molar-refractivity contribution < 1.29 is 19.4 Å². The lowest BCUT2D eigenvalue weighted by Crippen LogP contribution is -2.32. The summed E-state index contributed by atoms with van der Waals surface area (Å²) in [7, 11) is 0. The molecule has 0 aliphatic carbocycles. The highest BCUT2D eigenvalue weighted by molar-refractivity contribution is 7.80. The molecule has 1 aliphatic heterocycles. The second-order valence-corrected chi connectivity index (χ2v) is 7.01. The minimum absolute atomic E-state index is 0.0442. The molecule has 1 aromatic carbocycles. The van der Waals surface area contributed by atoms with Crippen LogP contribution in [0.15, 0.2) is 65.2 Å². The van der Waals surface area contributed by atoms with E-state index in [-0.39, 0.29) is 24.3 Å². The van der Waals surface area contributed by atoms with Crippen molar-refractivity contribution in [2.24, 2.45) is 0 Å². The SMILES string of the molecule is O=C(O)c1ccc(-c2ccc(C3C(c4ccccn4)NC(=S)N3CCO)o2)cc1. The van der Waals surface area contributed by atoms with E-state index < -0.39 is 5.97 Å². The van der Waals surface area contributed by atoms with Gasteiger partial charge in [-0.15, -0.1) is 0 Å². The quantitative estimate of drug-likeness (QED) is 0.535. The largest absolute Gasteiger partial charge is 0.478 e. The summed E-state index contributed by atoms with van der Waals surface area (Å²) in [4.78, 5) is 17.4. The Kier molecular flexibility index (Phi) is 5.28. The summed E-state index contributed by atoms with van der Waals surface area (Å²) in [6.07, 6.45) is 1.73. The molecule has 7 nitrogen and oxygen atoms in total. The monoisotopic (exact) mass is 409 g/mol. The Balaban J connectivity index is 1.68. The molecular weight excluding hydrogens is 390 g/mol. The lowest BCUT2D eigenvalue weighted by atomic mass is 10.0. The van der Waals surface area contributed by atoms with Gasteiger partial charge in [-0.3, -0.25) is 4.98 Å². The first-order chi connectivity index (χ1) is 14.1. The number of aliphatic hydroxyl groups is 1. The zero-order valence-corrected chi connectivity index (χ0v) is 16.2. The van der Waals surface area contributed by atoms with Crippen molar-refractivity contribution in [1.82, 2.24) is 15.2 Å². The highest BCUT2D eigenvalue weighted by Gasteiger charge is 2.41. The number of carboxylic acid groups (broad SMARTS) is 1. The summed E-state index contributed by atoms with van der Waals surface area (Å²) in [5.74, 6) is 0.331. The molecule has 8 heteroatoms. The fraction of sp³-hybridized carbons (Fsp3) is 0.190. The molecule has 1 saturated heterocycles. The zero-order chi connectivity index (χ0) is 20.4. The number of rotatable bonds is 6. The summed E-state index contributed by atoms with van der Waals surface area (Å²) in [6.45, 7) is 0.320. The fourth-order valence-corrected chi connectivity index (χ4v) is 3.84. The Labute approximate surface area is 172 Å². The van der Waals surface area contributed by atoms with Gasteiger partial charge in [-0.1, -0.05) is 18.2 Å². The number of nitrogens with zero attached hydrogens (tertiary/aromatic N) is 2. The zero-order valence-electron chi connectivity index (χ0n) is 15.4. The Morgan fingerprint density at radius 1 is 1.17 bits per heavy atom. The molecule has 0 spiro atoms. The molecule has 0 bridgehead atoms. The first-order valence-electron chi connectivity index (χ1n) is 9.11. The fourth-order valence-electron chi connectivity index (χ4n) is 3.51. The number of β-amino-alcohol motifs (C(OH)–C–C–N with tert-alkyl or cyclic N) is 1. The van der Waals surface area contributed by atoms with E-state index >= 15 is 0 Å². The van der Waals surface area contributed by atoms with Crippen molar-refractivity contribution >= 4 is 23.3 Å². The molecule has 3 N–H and O–H groups in total. The smallest absolute Gasteiger partial charge is 0.335 e. The second-order valence-electron chi connectivity index (χ2n) is 6.63. The Bertz CT molecular complexity index is 1020. The molecule has 0 radical (unpaired) electrons. The minimum Gasteiger partial charge on any atom is -0.478 e. The van der Waals surface area contributed by atoms with Gasteiger partial charge in [0.05, 0.1) is 23.9 Å². The van der Waals surface area contributed by atoms with E-state index in [9.17, 15) is 9.90 Å². The van der Waals surface area contributed by atoms with Crippen molar-refractivity contribution in [3.8, 4) is 11.3 Å². The molecule has 148 valence electrons. The summed E-state index contributed by atoms with van der Waals surface area (Å²) in [5, 5.41) is 22.4. The van der Waals surface area contributed by atoms with E-state index in [1.54, 1.807) is 30.5 Å². The van der Waals surface area contributed by atoms with Crippen LogP contribution < -0.4 is 5.32 Å². The highest BCUT2D eigenvalue weighted by atomic mass is 32.1. The van der Waals surface area contributed by atoms with Gasteiger partial charge in [0.2, 0.25) is 0 Å². The number of thiocarbonyl (C=S) groups is 1. The van der Waals surface area contributed by atoms with Crippen LogP contribution in [0, 0.1) is 0 Å². The molecule has 1 fully saturated rings. The van der Waals surface area contributed by atoms with Crippen LogP contribution in [-0.2, 0) is 0 Å². The summed E-state index contributed by atoms with van der Waals surface area (Å²) >= 11 is 5.48. The average molecular weight is 409 g/mol. The molecular formula is C21H19N3O4S. The van der Waals surface area contributed by atoms with Gasteiger partial charge >= 0.3 is 5.97 Å². The number of hydrogen-bond acceptors (Lipinski definition) is 5. The lowest BCUT2D eigenvalue weighted by Gasteiger charge is -2.25. The third-order valence-electron chi connectivity index (χ3n) is 4.87. The first-order valence-corrected chi connectivity index (χ1v) is 9.51. The Morgan fingerprint density at radius 2 is 1.97 bits per heavy atom. The van der Waals surface area contributed by atoms with Gasteiger partial charge < -0.3 is 24.8 Å². The number of hydrogen-bond donors (Lipinski definition) is 3. The van der Waals surface area contributed by atoms with Crippen molar-refractivity contribution in [3.05, 3.63) is 77.8 Å². The standard InChI is InChI=1S/C21H19N3O4S/c25-12-11-24-19(18(23-21(24)29)15-3-1-2-10-22-15)17-9-8-16(28-17)13-4-6-14(7-5-13)20(26)27/h1-10,18-19,25H,11-12H2,(H,23,29)(H,26,27). The van der Waals surface area contributed by atoms with Gasteiger partial charge in [0.15, 0.2) is 5.11 Å². The second kappa shape index (κ2) is 8.02. The molecule has 29 heavy (non-hydrogen) atoms. The van der Waals surface area contributed by atoms with Crippen molar-refractivity contribution in [1.29, 1.82) is 0 Å². The van der Waals surface area contributed by atoms with Crippen molar-refractivity contribution in [2.75, 3.05) is 13.2 Å². The molecule has 2 unspecified atom stereocenters. The molecule has 2 atom stereocenters. The lowest BCUT2D eigenvalue weighted by molar-refractivity contribution is 0.0697. The number of carboxylic acids is 1. The van der Waals surface area contributed by atoms with Crippen LogP contribution >= 0.6 is 12.2 Å². The van der Waals surface area contributed by atoms with Gasteiger partial charge in [-0.05, 0) is 48.6 Å². The van der Waals surface area contributed by atoms with E-state index in [1.165, 1.54) is 0 Å². The maximum atomic E-state index is 11.1. The maximum Gasteiger partial charge on any atom is 0.335 e. The molecule has 3 heterocycles. The normalized spacial score (nSPS) is 18.7. The van der Waals surface area contributed by atoms with Crippen LogP contribution in [0.2, 0.25) is 0 Å². The van der Waals surface area contributed by atoms with Crippen LogP contribution in [0.1, 0.15) is 33.9 Å². The van der Waals surface area contributed by atoms with E-state index in [0.717, 1.165) is 11.3 Å². The molecule has 1 aliphatic rings. The summed E-state index contributed by atoms with van der Waals surface area (Å²) < 4.78 is 6.13. The van der Waals surface area contributed by atoms with Crippen LogP contribution in [0.3, 0.4) is 0 Å². The third kappa shape index (κ3) is 3.72. The molecule has 2 aromatic heterocycles. The van der Waals surface area contributed by atoms with Crippen LogP contribution in [-0.4, -0.2) is 44.3 Å². The van der Waals surface area contributed by atoms with E-state index in [0.29, 0.717) is 23.2 Å². The van der Waals surface area contributed by atoms with Gasteiger partial charge in [0.1, 0.15) is 17.6 Å². The summed E-state index contributed by atoms with van der Waals surface area (Å²) in [6, 6.07) is 15.4. The molecule has 4 rings (SSSR count). The minimum atomic E-state index is -0.972. The van der Waals surface area contributed by atoms with Gasteiger partial charge in [-0.25, -0.2) is 4.79 Å². The number of carbonyl (C=O) groups is 1. The highest BCUT2D eigenvalue weighted by Crippen LogP contribution is 2.40. The number of aromatic carboxylic acids is 1. The molecule has 3 aromatic rings. The number of nitrogens with one attached hydrogen (secondary N) is 1. The topological polar surface area (TPSA) is 98.8 Å².